The Morgan fingerprint density at radius 1 is 0.953 bits per heavy atom. The van der Waals surface area contributed by atoms with Gasteiger partial charge >= 0.3 is 6.18 Å². The summed E-state index contributed by atoms with van der Waals surface area (Å²) in [5.74, 6) is -0.969. The van der Waals surface area contributed by atoms with Crippen LogP contribution in [0.25, 0.3) is 0 Å². The third kappa shape index (κ3) is 8.21. The first-order valence-electron chi connectivity index (χ1n) is 14.5. The average molecular weight is 618 g/mol. The third-order valence-corrected chi connectivity index (χ3v) is 9.62. The lowest BCUT2D eigenvalue weighted by molar-refractivity contribution is -0.137. The maximum atomic E-state index is 13.6. The van der Waals surface area contributed by atoms with Crippen molar-refractivity contribution in [1.82, 2.24) is 14.9 Å². The highest BCUT2D eigenvalue weighted by atomic mass is 32.2. The van der Waals surface area contributed by atoms with E-state index in [2.05, 4.69) is 33.1 Å². The monoisotopic (exact) mass is 617 g/mol. The molecule has 3 aromatic rings. The Hall–Kier alpha value is -3.28. The molecule has 1 saturated heterocycles. The number of benzene rings is 3. The van der Waals surface area contributed by atoms with Gasteiger partial charge in [-0.3, -0.25) is 9.69 Å². The minimum absolute atomic E-state index is 0.151. The predicted octanol–water partition coefficient (Wildman–Crippen LogP) is 5.91. The van der Waals surface area contributed by atoms with Gasteiger partial charge in [0.1, 0.15) is 5.82 Å². The molecule has 230 valence electrons. The number of nitrogens with one attached hydrogen (secondary N) is 2. The summed E-state index contributed by atoms with van der Waals surface area (Å²) in [6.07, 6.45) is 0.891. The van der Waals surface area contributed by atoms with Gasteiger partial charge in [-0.1, -0.05) is 42.8 Å². The maximum absolute atomic E-state index is 13.6. The molecule has 2 N–H and O–H groups in total. The van der Waals surface area contributed by atoms with Crippen molar-refractivity contribution < 1.29 is 30.8 Å². The first-order chi connectivity index (χ1) is 20.5. The van der Waals surface area contributed by atoms with E-state index < -0.39 is 44.4 Å². The fourth-order valence-corrected chi connectivity index (χ4v) is 7.17. The van der Waals surface area contributed by atoms with Crippen LogP contribution >= 0.6 is 0 Å². The minimum Gasteiger partial charge on any atom is -0.353 e. The van der Waals surface area contributed by atoms with Gasteiger partial charge in [0.2, 0.25) is 15.9 Å². The zero-order chi connectivity index (χ0) is 30.6. The Morgan fingerprint density at radius 3 is 2.42 bits per heavy atom. The smallest absolute Gasteiger partial charge is 0.353 e. The highest BCUT2D eigenvalue weighted by molar-refractivity contribution is 7.89. The van der Waals surface area contributed by atoms with Crippen LogP contribution in [0.3, 0.4) is 0 Å². The van der Waals surface area contributed by atoms with E-state index in [1.54, 1.807) is 0 Å². The summed E-state index contributed by atoms with van der Waals surface area (Å²) in [5, 5.41) is 3.00. The van der Waals surface area contributed by atoms with Crippen LogP contribution < -0.4 is 10.0 Å². The maximum Gasteiger partial charge on any atom is 0.416 e. The van der Waals surface area contributed by atoms with E-state index in [1.165, 1.54) is 48.1 Å². The highest BCUT2D eigenvalue weighted by Gasteiger charge is 2.33. The van der Waals surface area contributed by atoms with E-state index in [9.17, 15) is 30.8 Å². The largest absolute Gasteiger partial charge is 0.416 e. The molecule has 43 heavy (non-hydrogen) atoms. The van der Waals surface area contributed by atoms with Gasteiger partial charge in [-0.2, -0.15) is 13.2 Å². The number of carbonyl (C=O) groups excluding carboxylic acids is 1. The van der Waals surface area contributed by atoms with Crippen molar-refractivity contribution in [2.75, 3.05) is 13.1 Å². The van der Waals surface area contributed by atoms with Crippen molar-refractivity contribution in [2.24, 2.45) is 0 Å². The predicted molar refractivity (Wildman–Crippen MR) is 155 cm³/mol. The summed E-state index contributed by atoms with van der Waals surface area (Å²) < 4.78 is 81.9. The number of likely N-dealkylation sites (tertiary alicyclic amines) is 1. The second kappa shape index (κ2) is 13.2. The van der Waals surface area contributed by atoms with Crippen LogP contribution in [0, 0.1) is 5.82 Å². The number of halogens is 4. The Morgan fingerprint density at radius 2 is 1.70 bits per heavy atom. The lowest BCUT2D eigenvalue weighted by Crippen LogP contribution is -2.41. The number of amides is 1. The van der Waals surface area contributed by atoms with Crippen LogP contribution in [0.4, 0.5) is 17.6 Å². The first kappa shape index (κ1) is 31.2. The van der Waals surface area contributed by atoms with Crippen LogP contribution in [0.2, 0.25) is 0 Å². The summed E-state index contributed by atoms with van der Waals surface area (Å²) in [4.78, 5) is 15.1. The molecular weight excluding hydrogens is 582 g/mol. The first-order valence-corrected chi connectivity index (χ1v) is 16.0. The van der Waals surface area contributed by atoms with Crippen LogP contribution in [0.5, 0.6) is 0 Å². The van der Waals surface area contributed by atoms with Crippen molar-refractivity contribution in [1.29, 1.82) is 0 Å². The average Bonchev–Trinajstić information content (AvgIpc) is 2.97. The number of hydrogen-bond acceptors (Lipinski definition) is 4. The molecule has 2 atom stereocenters. The zero-order valence-corrected chi connectivity index (χ0v) is 24.5. The second-order valence-corrected chi connectivity index (χ2v) is 13.1. The molecule has 1 aliphatic heterocycles. The molecular formula is C32H35F4N3O3S. The van der Waals surface area contributed by atoms with Gasteiger partial charge in [0, 0.05) is 19.0 Å². The van der Waals surface area contributed by atoms with Gasteiger partial charge in [0.05, 0.1) is 16.5 Å². The SMILES string of the molecule is O=C(C[C@@H](NS(=O)(=O)c1cccc(C(F)(F)F)c1)c1ccc(F)cc1)N[C@@H]1CCc2cc(CN3CCCCC3)ccc2C1. The van der Waals surface area contributed by atoms with E-state index >= 15 is 0 Å². The van der Waals surface area contributed by atoms with Crippen molar-refractivity contribution in [3.8, 4) is 0 Å². The second-order valence-electron chi connectivity index (χ2n) is 11.4. The van der Waals surface area contributed by atoms with Crippen LogP contribution in [-0.2, 0) is 40.4 Å². The summed E-state index contributed by atoms with van der Waals surface area (Å²) in [7, 11) is -4.46. The van der Waals surface area contributed by atoms with Crippen molar-refractivity contribution in [3.63, 3.8) is 0 Å². The van der Waals surface area contributed by atoms with Crippen molar-refractivity contribution in [3.05, 3.63) is 100 Å². The van der Waals surface area contributed by atoms with Crippen LogP contribution in [0.15, 0.2) is 71.6 Å². The van der Waals surface area contributed by atoms with E-state index in [0.717, 1.165) is 62.8 Å². The Kier molecular flexibility index (Phi) is 9.53. The van der Waals surface area contributed by atoms with Gasteiger partial charge < -0.3 is 5.32 Å². The quantitative estimate of drug-likeness (QED) is 0.293. The standard InChI is InChI=1S/C32H35F4N3O3S/c33-27-12-9-23(10-13-27)30(38-43(41,42)29-6-4-5-26(19-29)32(34,35)36)20-31(40)37-28-14-11-24-17-22(7-8-25(24)18-28)21-39-15-2-1-3-16-39/h4-10,12-13,17,19,28,30,38H,1-3,11,14-16,18,20-21H2,(H,37,40)/t28-,30-/m1/s1. The lowest BCUT2D eigenvalue weighted by Gasteiger charge is -2.29. The molecule has 1 amide bonds. The number of sulfonamides is 1. The van der Waals surface area contributed by atoms with Gasteiger partial charge in [-0.25, -0.2) is 17.5 Å². The third-order valence-electron chi connectivity index (χ3n) is 8.15. The van der Waals surface area contributed by atoms with Gasteiger partial charge in [0.15, 0.2) is 0 Å². The minimum atomic E-state index is -4.73. The summed E-state index contributed by atoms with van der Waals surface area (Å²) >= 11 is 0. The summed E-state index contributed by atoms with van der Waals surface area (Å²) in [6, 6.07) is 13.6. The number of piperidine rings is 1. The topological polar surface area (TPSA) is 78.5 Å². The van der Waals surface area contributed by atoms with E-state index in [0.29, 0.717) is 18.1 Å². The molecule has 6 nitrogen and oxygen atoms in total. The van der Waals surface area contributed by atoms with Gasteiger partial charge in [-0.15, -0.1) is 0 Å². The van der Waals surface area contributed by atoms with Crippen molar-refractivity contribution >= 4 is 15.9 Å². The Balaban J connectivity index is 1.26. The number of carbonyl (C=O) groups is 1. The molecule has 0 spiro atoms. The number of alkyl halides is 3. The van der Waals surface area contributed by atoms with Crippen LogP contribution in [0.1, 0.15) is 66.0 Å². The van der Waals surface area contributed by atoms with Crippen LogP contribution in [-0.4, -0.2) is 38.4 Å². The molecule has 0 saturated carbocycles. The molecule has 0 aromatic heterocycles. The number of aryl methyl sites for hydroxylation is 1. The zero-order valence-electron chi connectivity index (χ0n) is 23.7. The fourth-order valence-electron chi connectivity index (χ4n) is 5.90. The number of rotatable bonds is 9. The molecule has 1 heterocycles. The van der Waals surface area contributed by atoms with Crippen molar-refractivity contribution in [2.45, 2.75) is 74.6 Å². The highest BCUT2D eigenvalue weighted by Crippen LogP contribution is 2.31. The Bertz CT molecular complexity index is 1540. The molecule has 5 rings (SSSR count). The van der Waals surface area contributed by atoms with E-state index in [1.807, 2.05) is 0 Å². The van der Waals surface area contributed by atoms with E-state index in [-0.39, 0.29) is 12.5 Å². The molecule has 0 bridgehead atoms. The van der Waals surface area contributed by atoms with Gasteiger partial charge in [0.25, 0.3) is 0 Å². The van der Waals surface area contributed by atoms with E-state index in [4.69, 9.17) is 0 Å². The molecule has 1 fully saturated rings. The molecule has 0 radical (unpaired) electrons. The molecule has 11 heteroatoms. The summed E-state index contributed by atoms with van der Waals surface area (Å²) in [5.41, 5.74) is 2.93. The summed E-state index contributed by atoms with van der Waals surface area (Å²) in [6.45, 7) is 3.19. The number of hydrogen-bond donors (Lipinski definition) is 2. The molecule has 0 unspecified atom stereocenters. The molecule has 3 aromatic carbocycles. The fraction of sp³-hybridized carbons (Fsp3) is 0.406. The normalized spacial score (nSPS) is 18.6. The number of fused-ring (bicyclic) bond motifs is 1. The number of nitrogens with zero attached hydrogens (tertiary/aromatic N) is 1. The Labute approximate surface area is 249 Å². The molecule has 1 aliphatic carbocycles. The lowest BCUT2D eigenvalue weighted by atomic mass is 9.87. The van der Waals surface area contributed by atoms with Gasteiger partial charge in [-0.05, 0) is 97.8 Å². The molecule has 2 aliphatic rings.